The first-order chi connectivity index (χ1) is 9.45. The summed E-state index contributed by atoms with van der Waals surface area (Å²) < 4.78 is 0. The van der Waals surface area contributed by atoms with Gasteiger partial charge in [-0.1, -0.05) is 11.6 Å². The van der Waals surface area contributed by atoms with Crippen molar-refractivity contribution in [1.82, 2.24) is 14.9 Å². The van der Waals surface area contributed by atoms with E-state index in [1.165, 1.54) is 0 Å². The lowest BCUT2D eigenvalue weighted by atomic mass is 10.2. The van der Waals surface area contributed by atoms with E-state index in [0.29, 0.717) is 28.9 Å². The van der Waals surface area contributed by atoms with Gasteiger partial charge in [0, 0.05) is 31.7 Å². The van der Waals surface area contributed by atoms with E-state index in [2.05, 4.69) is 53.2 Å². The van der Waals surface area contributed by atoms with E-state index in [9.17, 15) is 0 Å². The molecule has 0 bridgehead atoms. The predicted octanol–water partition coefficient (Wildman–Crippen LogP) is 3.09. The first-order valence-corrected chi connectivity index (χ1v) is 7.59. The molecule has 0 aliphatic carbocycles. The Labute approximate surface area is 127 Å². The molecule has 0 atom stereocenters. The molecule has 2 N–H and O–H groups in total. The zero-order valence-electron chi connectivity index (χ0n) is 13.1. The topological polar surface area (TPSA) is 53.1 Å². The highest BCUT2D eigenvalue weighted by Gasteiger charge is 2.13. The Morgan fingerprint density at radius 2 is 1.85 bits per heavy atom. The number of hydrogen-bond donors (Lipinski definition) is 2. The van der Waals surface area contributed by atoms with Crippen LogP contribution in [-0.4, -0.2) is 46.6 Å². The SMILES string of the molecule is CCNc1ncc(Cl)c(NCCN(C(C)C)C(C)C)n1. The lowest BCUT2D eigenvalue weighted by Gasteiger charge is -2.30. The molecule has 5 nitrogen and oxygen atoms in total. The Morgan fingerprint density at radius 3 is 2.40 bits per heavy atom. The van der Waals surface area contributed by atoms with Gasteiger partial charge < -0.3 is 10.6 Å². The number of rotatable bonds is 8. The molecule has 0 aromatic carbocycles. The largest absolute Gasteiger partial charge is 0.367 e. The molecule has 0 saturated carbocycles. The quantitative estimate of drug-likeness (QED) is 0.772. The molecule has 20 heavy (non-hydrogen) atoms. The first-order valence-electron chi connectivity index (χ1n) is 7.21. The summed E-state index contributed by atoms with van der Waals surface area (Å²) in [6, 6.07) is 1.05. The minimum absolute atomic E-state index is 0.523. The van der Waals surface area contributed by atoms with Crippen LogP contribution in [0.5, 0.6) is 0 Å². The van der Waals surface area contributed by atoms with Crippen molar-refractivity contribution in [3.8, 4) is 0 Å². The van der Waals surface area contributed by atoms with Crippen molar-refractivity contribution < 1.29 is 0 Å². The van der Waals surface area contributed by atoms with Crippen molar-refractivity contribution in [2.45, 2.75) is 46.7 Å². The molecule has 0 fully saturated rings. The minimum atomic E-state index is 0.523. The van der Waals surface area contributed by atoms with Crippen LogP contribution in [0.2, 0.25) is 5.02 Å². The molecule has 1 aromatic heterocycles. The van der Waals surface area contributed by atoms with Crippen LogP contribution >= 0.6 is 11.6 Å². The van der Waals surface area contributed by atoms with Crippen molar-refractivity contribution in [2.24, 2.45) is 0 Å². The number of nitrogens with zero attached hydrogens (tertiary/aromatic N) is 3. The van der Waals surface area contributed by atoms with E-state index < -0.39 is 0 Å². The van der Waals surface area contributed by atoms with Crippen molar-refractivity contribution >= 4 is 23.4 Å². The lowest BCUT2D eigenvalue weighted by Crippen LogP contribution is -2.40. The van der Waals surface area contributed by atoms with Gasteiger partial charge in [0.1, 0.15) is 5.02 Å². The molecule has 1 heterocycles. The Bertz CT molecular complexity index is 401. The number of aromatic nitrogens is 2. The maximum absolute atomic E-state index is 6.11. The smallest absolute Gasteiger partial charge is 0.224 e. The molecule has 0 aliphatic heterocycles. The summed E-state index contributed by atoms with van der Waals surface area (Å²) in [5.74, 6) is 1.29. The monoisotopic (exact) mass is 299 g/mol. The normalized spacial score (nSPS) is 11.4. The summed E-state index contributed by atoms with van der Waals surface area (Å²) in [5.41, 5.74) is 0. The third-order valence-electron chi connectivity index (χ3n) is 3.07. The van der Waals surface area contributed by atoms with Gasteiger partial charge in [0.05, 0.1) is 6.20 Å². The van der Waals surface area contributed by atoms with Crippen molar-refractivity contribution in [1.29, 1.82) is 0 Å². The Balaban J connectivity index is 2.58. The first kappa shape index (κ1) is 17.0. The van der Waals surface area contributed by atoms with Crippen molar-refractivity contribution in [3.05, 3.63) is 11.2 Å². The van der Waals surface area contributed by atoms with Gasteiger partial charge in [0.2, 0.25) is 5.95 Å². The van der Waals surface area contributed by atoms with Gasteiger partial charge in [0.15, 0.2) is 5.82 Å². The molecule has 1 aromatic rings. The zero-order chi connectivity index (χ0) is 15.1. The van der Waals surface area contributed by atoms with Crippen LogP contribution in [0.3, 0.4) is 0 Å². The highest BCUT2D eigenvalue weighted by atomic mass is 35.5. The average Bonchev–Trinajstić information content (AvgIpc) is 2.37. The molecule has 1 rings (SSSR count). The highest BCUT2D eigenvalue weighted by molar-refractivity contribution is 6.32. The average molecular weight is 300 g/mol. The second-order valence-corrected chi connectivity index (χ2v) is 5.68. The molecule has 0 radical (unpaired) electrons. The van der Waals surface area contributed by atoms with Gasteiger partial charge in [-0.25, -0.2) is 4.98 Å². The fourth-order valence-electron chi connectivity index (χ4n) is 2.15. The second-order valence-electron chi connectivity index (χ2n) is 5.27. The third kappa shape index (κ3) is 5.13. The second kappa shape index (κ2) is 8.27. The van der Waals surface area contributed by atoms with Gasteiger partial charge in [-0.05, 0) is 34.6 Å². The van der Waals surface area contributed by atoms with Gasteiger partial charge >= 0.3 is 0 Å². The zero-order valence-corrected chi connectivity index (χ0v) is 13.8. The van der Waals surface area contributed by atoms with Gasteiger partial charge in [0.25, 0.3) is 0 Å². The molecular formula is C14H26ClN5. The minimum Gasteiger partial charge on any atom is -0.367 e. The van der Waals surface area contributed by atoms with Gasteiger partial charge in [-0.15, -0.1) is 0 Å². The summed E-state index contributed by atoms with van der Waals surface area (Å²) in [7, 11) is 0. The molecule has 0 amide bonds. The third-order valence-corrected chi connectivity index (χ3v) is 3.34. The molecule has 0 saturated heterocycles. The molecule has 0 aliphatic rings. The molecule has 6 heteroatoms. The maximum Gasteiger partial charge on any atom is 0.224 e. The van der Waals surface area contributed by atoms with E-state index in [1.807, 2.05) is 6.92 Å². The van der Waals surface area contributed by atoms with Crippen molar-refractivity contribution in [2.75, 3.05) is 30.3 Å². The van der Waals surface area contributed by atoms with E-state index in [-0.39, 0.29) is 0 Å². The summed E-state index contributed by atoms with van der Waals surface area (Å²) in [6.07, 6.45) is 1.62. The van der Waals surface area contributed by atoms with Crippen LogP contribution in [0.4, 0.5) is 11.8 Å². The van der Waals surface area contributed by atoms with E-state index >= 15 is 0 Å². The Hall–Kier alpha value is -1.07. The molecule has 114 valence electrons. The summed E-state index contributed by atoms with van der Waals surface area (Å²) >= 11 is 6.11. The van der Waals surface area contributed by atoms with Crippen LogP contribution in [0.15, 0.2) is 6.20 Å². The van der Waals surface area contributed by atoms with Crippen LogP contribution in [0.1, 0.15) is 34.6 Å². The van der Waals surface area contributed by atoms with Crippen LogP contribution < -0.4 is 10.6 Å². The Kier molecular flexibility index (Phi) is 7.02. The van der Waals surface area contributed by atoms with E-state index in [4.69, 9.17) is 11.6 Å². The lowest BCUT2D eigenvalue weighted by molar-refractivity contribution is 0.182. The van der Waals surface area contributed by atoms with E-state index in [0.717, 1.165) is 19.6 Å². The number of hydrogen-bond acceptors (Lipinski definition) is 5. The number of nitrogens with one attached hydrogen (secondary N) is 2. The predicted molar refractivity (Wildman–Crippen MR) is 86.7 cm³/mol. The number of halogens is 1. The highest BCUT2D eigenvalue weighted by Crippen LogP contribution is 2.19. The summed E-state index contributed by atoms with van der Waals surface area (Å²) in [4.78, 5) is 10.9. The number of anilines is 2. The van der Waals surface area contributed by atoms with Gasteiger partial charge in [-0.3, -0.25) is 4.90 Å². The molecular weight excluding hydrogens is 274 g/mol. The fourth-order valence-corrected chi connectivity index (χ4v) is 2.31. The van der Waals surface area contributed by atoms with Crippen LogP contribution in [0, 0.1) is 0 Å². The van der Waals surface area contributed by atoms with E-state index in [1.54, 1.807) is 6.20 Å². The van der Waals surface area contributed by atoms with Crippen molar-refractivity contribution in [3.63, 3.8) is 0 Å². The summed E-state index contributed by atoms with van der Waals surface area (Å²) in [6.45, 7) is 13.4. The molecule has 0 unspecified atom stereocenters. The molecule has 0 spiro atoms. The fraction of sp³-hybridized carbons (Fsp3) is 0.714. The Morgan fingerprint density at radius 1 is 1.20 bits per heavy atom. The standard InChI is InChI=1S/C14H26ClN5/c1-6-16-14-18-9-12(15)13(19-14)17-7-8-20(10(2)3)11(4)5/h9-11H,6-8H2,1-5H3,(H2,16,17,18,19). The summed E-state index contributed by atoms with van der Waals surface area (Å²) in [5, 5.41) is 6.92. The maximum atomic E-state index is 6.11. The van der Waals surface area contributed by atoms with Gasteiger partial charge in [-0.2, -0.15) is 4.98 Å². The van der Waals surface area contributed by atoms with Crippen LogP contribution in [0.25, 0.3) is 0 Å². The van der Waals surface area contributed by atoms with Crippen LogP contribution in [-0.2, 0) is 0 Å².